The minimum absolute atomic E-state index is 0.370. The second-order valence-electron chi connectivity index (χ2n) is 5.27. The van der Waals surface area contributed by atoms with Crippen LogP contribution in [-0.2, 0) is 14.8 Å². The van der Waals surface area contributed by atoms with E-state index in [1.54, 1.807) is 13.8 Å². The molecule has 1 aliphatic rings. The highest BCUT2D eigenvalue weighted by Crippen LogP contribution is 2.33. The second-order valence-corrected chi connectivity index (χ2v) is 7.50. The molecule has 0 bridgehead atoms. The summed E-state index contributed by atoms with van der Waals surface area (Å²) in [6, 6.07) is 0. The number of aliphatic carboxylic acids is 1. The predicted molar refractivity (Wildman–Crippen MR) is 65.2 cm³/mol. The molecule has 100 valence electrons. The van der Waals surface area contributed by atoms with E-state index >= 15 is 0 Å². The maximum absolute atomic E-state index is 11.8. The molecular formula is C11H21NO4S. The Kier molecular flexibility index (Phi) is 4.19. The molecule has 17 heavy (non-hydrogen) atoms. The van der Waals surface area contributed by atoms with E-state index in [0.717, 1.165) is 12.8 Å². The normalized spacial score (nSPS) is 30.5. The average molecular weight is 263 g/mol. The molecule has 0 aromatic rings. The number of hydrogen-bond acceptors (Lipinski definition) is 3. The van der Waals surface area contributed by atoms with E-state index in [-0.39, 0.29) is 0 Å². The Balaban J connectivity index is 2.92. The van der Waals surface area contributed by atoms with Crippen molar-refractivity contribution in [2.45, 2.75) is 57.2 Å². The molecule has 1 aliphatic carbocycles. The van der Waals surface area contributed by atoms with Crippen molar-refractivity contribution in [3.63, 3.8) is 0 Å². The lowest BCUT2D eigenvalue weighted by Crippen LogP contribution is -2.57. The third kappa shape index (κ3) is 3.19. The van der Waals surface area contributed by atoms with Crippen LogP contribution in [0, 0.1) is 5.92 Å². The van der Waals surface area contributed by atoms with Crippen molar-refractivity contribution in [1.29, 1.82) is 0 Å². The van der Waals surface area contributed by atoms with Crippen LogP contribution >= 0.6 is 0 Å². The Morgan fingerprint density at radius 2 is 1.82 bits per heavy atom. The number of nitrogens with one attached hydrogen (secondary N) is 1. The van der Waals surface area contributed by atoms with Gasteiger partial charge in [-0.05, 0) is 45.4 Å². The van der Waals surface area contributed by atoms with Gasteiger partial charge in [-0.2, -0.15) is 4.72 Å². The first-order valence-electron chi connectivity index (χ1n) is 5.96. The summed E-state index contributed by atoms with van der Waals surface area (Å²) >= 11 is 0. The van der Waals surface area contributed by atoms with Crippen LogP contribution in [-0.4, -0.2) is 30.3 Å². The Morgan fingerprint density at radius 3 is 2.18 bits per heavy atom. The zero-order chi connectivity index (χ0) is 13.3. The molecule has 6 heteroatoms. The molecule has 0 aromatic heterocycles. The summed E-state index contributed by atoms with van der Waals surface area (Å²) in [4.78, 5) is 11.4. The molecule has 0 aromatic carbocycles. The van der Waals surface area contributed by atoms with Crippen LogP contribution in [0.3, 0.4) is 0 Å². The van der Waals surface area contributed by atoms with E-state index in [1.807, 2.05) is 0 Å². The molecule has 5 nitrogen and oxygen atoms in total. The monoisotopic (exact) mass is 263 g/mol. The van der Waals surface area contributed by atoms with Gasteiger partial charge in [0.15, 0.2) is 0 Å². The molecule has 0 aliphatic heterocycles. The van der Waals surface area contributed by atoms with E-state index in [1.165, 1.54) is 0 Å². The molecule has 0 atom stereocenters. The molecular weight excluding hydrogens is 242 g/mol. The van der Waals surface area contributed by atoms with Crippen LogP contribution in [0.25, 0.3) is 0 Å². The number of rotatable bonds is 4. The van der Waals surface area contributed by atoms with E-state index in [4.69, 9.17) is 0 Å². The third-order valence-electron chi connectivity index (χ3n) is 3.50. The summed E-state index contributed by atoms with van der Waals surface area (Å²) in [7, 11) is -3.55. The molecule has 0 amide bonds. The van der Waals surface area contributed by atoms with Crippen LogP contribution in [0.1, 0.15) is 46.5 Å². The van der Waals surface area contributed by atoms with Crippen molar-refractivity contribution >= 4 is 16.0 Å². The van der Waals surface area contributed by atoms with E-state index in [2.05, 4.69) is 11.6 Å². The fourth-order valence-corrected chi connectivity index (χ4v) is 3.08. The van der Waals surface area contributed by atoms with Gasteiger partial charge in [-0.25, -0.2) is 8.42 Å². The van der Waals surface area contributed by atoms with Crippen molar-refractivity contribution in [2.24, 2.45) is 5.92 Å². The van der Waals surface area contributed by atoms with Gasteiger partial charge in [0.1, 0.15) is 5.54 Å². The summed E-state index contributed by atoms with van der Waals surface area (Å²) < 4.78 is 26.0. The number of carboxylic acids is 1. The number of carboxylic acid groups (broad SMARTS) is 1. The summed E-state index contributed by atoms with van der Waals surface area (Å²) in [6.07, 6.45) is 2.23. The van der Waals surface area contributed by atoms with E-state index in [0.29, 0.717) is 18.8 Å². The quantitative estimate of drug-likeness (QED) is 0.802. The van der Waals surface area contributed by atoms with Crippen LogP contribution < -0.4 is 4.72 Å². The zero-order valence-electron chi connectivity index (χ0n) is 10.6. The Morgan fingerprint density at radius 1 is 1.35 bits per heavy atom. The first-order valence-corrected chi connectivity index (χ1v) is 7.50. The van der Waals surface area contributed by atoms with E-state index < -0.39 is 26.8 Å². The molecule has 0 saturated heterocycles. The standard InChI is InChI=1S/C11H21NO4S/c1-8(2)17(15,16)12-11(10(13)14)6-4-9(3)5-7-11/h8-9,12H,4-7H2,1-3H3,(H,13,14). The van der Waals surface area contributed by atoms with Crippen LogP contribution in [0.4, 0.5) is 0 Å². The molecule has 1 rings (SSSR count). The lowest BCUT2D eigenvalue weighted by Gasteiger charge is -2.36. The first-order chi connectivity index (χ1) is 7.69. The van der Waals surface area contributed by atoms with Gasteiger partial charge < -0.3 is 5.11 Å². The van der Waals surface area contributed by atoms with Crippen LogP contribution in [0.2, 0.25) is 0 Å². The summed E-state index contributed by atoms with van der Waals surface area (Å²) in [5.74, 6) is -0.598. The molecule has 0 unspecified atom stereocenters. The predicted octanol–water partition coefficient (Wildman–Crippen LogP) is 1.35. The average Bonchev–Trinajstić information content (AvgIpc) is 2.21. The van der Waals surface area contributed by atoms with Crippen molar-refractivity contribution in [3.8, 4) is 0 Å². The maximum atomic E-state index is 11.8. The van der Waals surface area contributed by atoms with Crippen LogP contribution in [0.5, 0.6) is 0 Å². The molecule has 2 N–H and O–H groups in total. The van der Waals surface area contributed by atoms with E-state index in [9.17, 15) is 18.3 Å². The second kappa shape index (κ2) is 4.94. The van der Waals surface area contributed by atoms with Crippen LogP contribution in [0.15, 0.2) is 0 Å². The Labute approximate surface area is 103 Å². The van der Waals surface area contributed by atoms with Gasteiger partial charge in [-0.3, -0.25) is 4.79 Å². The van der Waals surface area contributed by atoms with Gasteiger partial charge in [-0.1, -0.05) is 6.92 Å². The number of carbonyl (C=O) groups is 1. The lowest BCUT2D eigenvalue weighted by atomic mass is 9.78. The van der Waals surface area contributed by atoms with Gasteiger partial charge in [-0.15, -0.1) is 0 Å². The SMILES string of the molecule is CC1CCC(NS(=O)(=O)C(C)C)(C(=O)O)CC1. The summed E-state index contributed by atoms with van der Waals surface area (Å²) in [6.45, 7) is 5.15. The molecule has 0 radical (unpaired) electrons. The molecule has 0 heterocycles. The van der Waals surface area contributed by atoms with Gasteiger partial charge >= 0.3 is 5.97 Å². The smallest absolute Gasteiger partial charge is 0.324 e. The fourth-order valence-electron chi connectivity index (χ4n) is 2.00. The highest BCUT2D eigenvalue weighted by Gasteiger charge is 2.44. The zero-order valence-corrected chi connectivity index (χ0v) is 11.4. The van der Waals surface area contributed by atoms with Crippen molar-refractivity contribution in [2.75, 3.05) is 0 Å². The largest absolute Gasteiger partial charge is 0.480 e. The minimum Gasteiger partial charge on any atom is -0.480 e. The van der Waals surface area contributed by atoms with Crippen molar-refractivity contribution in [3.05, 3.63) is 0 Å². The topological polar surface area (TPSA) is 83.5 Å². The van der Waals surface area contributed by atoms with Crippen molar-refractivity contribution in [1.82, 2.24) is 4.72 Å². The van der Waals surface area contributed by atoms with Gasteiger partial charge in [0.05, 0.1) is 5.25 Å². The number of hydrogen-bond donors (Lipinski definition) is 2. The van der Waals surface area contributed by atoms with Gasteiger partial charge in [0.2, 0.25) is 10.0 Å². The Bertz CT molecular complexity index is 380. The number of sulfonamides is 1. The summed E-state index contributed by atoms with van der Waals surface area (Å²) in [5.41, 5.74) is -1.30. The molecule has 0 spiro atoms. The highest BCUT2D eigenvalue weighted by atomic mass is 32.2. The molecule has 1 saturated carbocycles. The van der Waals surface area contributed by atoms with Gasteiger partial charge in [0.25, 0.3) is 0 Å². The summed E-state index contributed by atoms with van der Waals surface area (Å²) in [5, 5.41) is 8.68. The minimum atomic E-state index is -3.55. The third-order valence-corrected chi connectivity index (χ3v) is 5.41. The molecule has 1 fully saturated rings. The maximum Gasteiger partial charge on any atom is 0.324 e. The van der Waals surface area contributed by atoms with Gasteiger partial charge in [0, 0.05) is 0 Å². The first kappa shape index (κ1) is 14.4. The Hall–Kier alpha value is -0.620. The van der Waals surface area contributed by atoms with Crippen molar-refractivity contribution < 1.29 is 18.3 Å². The fraction of sp³-hybridized carbons (Fsp3) is 0.909. The lowest BCUT2D eigenvalue weighted by molar-refractivity contribution is -0.145. The highest BCUT2D eigenvalue weighted by molar-refractivity contribution is 7.90.